The molecule has 1 aromatic carbocycles. The van der Waals surface area contributed by atoms with Gasteiger partial charge in [-0.3, -0.25) is 4.21 Å². The summed E-state index contributed by atoms with van der Waals surface area (Å²) in [6.45, 7) is 0. The van der Waals surface area contributed by atoms with Gasteiger partial charge in [-0.25, -0.2) is 4.68 Å². The molecule has 2 heterocycles. The Hall–Kier alpha value is -1.72. The van der Waals surface area contributed by atoms with Crippen molar-refractivity contribution < 1.29 is 4.21 Å². The smallest absolute Gasteiger partial charge is 0.0913 e. The third-order valence-corrected chi connectivity index (χ3v) is 5.41. The van der Waals surface area contributed by atoms with Crippen molar-refractivity contribution in [3.05, 3.63) is 65.8 Å². The number of hydrogen-bond acceptors (Lipinski definition) is 3. The summed E-state index contributed by atoms with van der Waals surface area (Å²) in [5.41, 5.74) is 2.08. The monoisotopic (exact) mass is 288 g/mol. The molecule has 0 N–H and O–H groups in total. The number of nitrogens with zero attached hydrogens (tertiary/aromatic N) is 2. The van der Waals surface area contributed by atoms with Gasteiger partial charge in [-0.05, 0) is 35.2 Å². The maximum Gasteiger partial charge on any atom is 0.0913 e. The zero-order valence-corrected chi connectivity index (χ0v) is 11.7. The van der Waals surface area contributed by atoms with Crippen LogP contribution in [0.3, 0.4) is 0 Å². The first-order valence-electron chi connectivity index (χ1n) is 5.84. The van der Waals surface area contributed by atoms with Gasteiger partial charge in [0.1, 0.15) is 0 Å². The van der Waals surface area contributed by atoms with E-state index >= 15 is 0 Å². The first kappa shape index (κ1) is 12.3. The molecule has 2 aromatic heterocycles. The van der Waals surface area contributed by atoms with E-state index in [0.717, 1.165) is 15.5 Å². The lowest BCUT2D eigenvalue weighted by molar-refractivity contribution is 0.684. The van der Waals surface area contributed by atoms with Crippen LogP contribution in [0.4, 0.5) is 0 Å². The molecule has 0 aliphatic rings. The molecule has 0 spiro atoms. The fourth-order valence-corrected chi connectivity index (χ4v) is 3.87. The van der Waals surface area contributed by atoms with Gasteiger partial charge < -0.3 is 0 Å². The van der Waals surface area contributed by atoms with Gasteiger partial charge in [0.15, 0.2) is 0 Å². The van der Waals surface area contributed by atoms with Crippen LogP contribution < -0.4 is 0 Å². The van der Waals surface area contributed by atoms with E-state index in [4.69, 9.17) is 0 Å². The number of aromatic nitrogens is 2. The molecule has 96 valence electrons. The lowest BCUT2D eigenvalue weighted by atomic mass is 10.2. The fraction of sp³-hybridized carbons (Fsp3) is 0.0714. The second kappa shape index (κ2) is 5.50. The van der Waals surface area contributed by atoms with Crippen molar-refractivity contribution in [1.82, 2.24) is 9.78 Å². The molecule has 0 saturated carbocycles. The molecule has 3 aromatic rings. The lowest BCUT2D eigenvalue weighted by Gasteiger charge is -2.04. The minimum absolute atomic E-state index is 0.555. The molecule has 1 atom stereocenters. The van der Waals surface area contributed by atoms with Gasteiger partial charge in [-0.15, -0.1) is 11.3 Å². The van der Waals surface area contributed by atoms with Gasteiger partial charge in [-0.2, -0.15) is 5.10 Å². The molecular weight excluding hydrogens is 276 g/mol. The fourth-order valence-electron chi connectivity index (χ4n) is 1.78. The minimum atomic E-state index is -0.951. The normalized spacial score (nSPS) is 12.4. The number of benzene rings is 1. The van der Waals surface area contributed by atoms with Crippen LogP contribution in [-0.2, 0) is 16.6 Å². The Labute approximate surface area is 118 Å². The van der Waals surface area contributed by atoms with Gasteiger partial charge in [0.25, 0.3) is 0 Å². The maximum atomic E-state index is 12.1. The quantitative estimate of drug-likeness (QED) is 0.738. The van der Waals surface area contributed by atoms with E-state index in [-0.39, 0.29) is 0 Å². The van der Waals surface area contributed by atoms with E-state index in [1.807, 2.05) is 54.0 Å². The van der Waals surface area contributed by atoms with Crippen molar-refractivity contribution in [1.29, 1.82) is 0 Å². The second-order valence-corrected chi connectivity index (χ2v) is 6.66. The molecule has 0 fully saturated rings. The predicted octanol–water partition coefficient (Wildman–Crippen LogP) is 3.24. The predicted molar refractivity (Wildman–Crippen MR) is 78.0 cm³/mol. The molecule has 3 nitrogen and oxygen atoms in total. The van der Waals surface area contributed by atoms with Crippen molar-refractivity contribution in [2.75, 3.05) is 0 Å². The van der Waals surface area contributed by atoms with Crippen LogP contribution in [-0.4, -0.2) is 14.0 Å². The van der Waals surface area contributed by atoms with Crippen molar-refractivity contribution in [3.63, 3.8) is 0 Å². The molecule has 0 amide bonds. The van der Waals surface area contributed by atoms with E-state index < -0.39 is 10.8 Å². The van der Waals surface area contributed by atoms with Gasteiger partial charge in [0.2, 0.25) is 0 Å². The molecular formula is C14H12N2OS2. The highest BCUT2D eigenvalue weighted by Crippen LogP contribution is 2.18. The maximum absolute atomic E-state index is 12.1. The lowest BCUT2D eigenvalue weighted by Crippen LogP contribution is -1.97. The van der Waals surface area contributed by atoms with E-state index in [9.17, 15) is 4.21 Å². The van der Waals surface area contributed by atoms with E-state index in [1.165, 1.54) is 11.3 Å². The molecule has 0 bridgehead atoms. The summed E-state index contributed by atoms with van der Waals surface area (Å²) in [6, 6.07) is 13.7. The third kappa shape index (κ3) is 2.83. The topological polar surface area (TPSA) is 34.9 Å². The molecule has 5 heteroatoms. The summed E-state index contributed by atoms with van der Waals surface area (Å²) in [4.78, 5) is 0. The summed E-state index contributed by atoms with van der Waals surface area (Å²) in [5, 5.41) is 6.13. The van der Waals surface area contributed by atoms with E-state index in [1.54, 1.807) is 10.9 Å². The van der Waals surface area contributed by atoms with Crippen LogP contribution >= 0.6 is 11.3 Å². The second-order valence-electron chi connectivity index (χ2n) is 4.04. The largest absolute Gasteiger partial charge is 0.253 e. The molecule has 0 unspecified atom stereocenters. The Balaban J connectivity index is 1.75. The van der Waals surface area contributed by atoms with Crippen molar-refractivity contribution in [3.8, 4) is 5.69 Å². The van der Waals surface area contributed by atoms with Crippen LogP contribution in [0.1, 0.15) is 5.56 Å². The molecule has 0 aliphatic carbocycles. The van der Waals surface area contributed by atoms with E-state index in [0.29, 0.717) is 5.75 Å². The highest BCUT2D eigenvalue weighted by atomic mass is 32.2. The average molecular weight is 288 g/mol. The van der Waals surface area contributed by atoms with Crippen LogP contribution in [0.5, 0.6) is 0 Å². The molecule has 0 saturated heterocycles. The van der Waals surface area contributed by atoms with E-state index in [2.05, 4.69) is 5.10 Å². The van der Waals surface area contributed by atoms with Crippen molar-refractivity contribution in [2.24, 2.45) is 0 Å². The van der Waals surface area contributed by atoms with Crippen LogP contribution in [0, 0.1) is 0 Å². The number of thiophene rings is 1. The highest BCUT2D eigenvalue weighted by Gasteiger charge is 2.06. The molecule has 3 rings (SSSR count). The summed E-state index contributed by atoms with van der Waals surface area (Å²) in [6.07, 6.45) is 3.65. The summed E-state index contributed by atoms with van der Waals surface area (Å²) >= 11 is 1.54. The van der Waals surface area contributed by atoms with Gasteiger partial charge in [-0.1, -0.05) is 18.2 Å². The third-order valence-electron chi connectivity index (χ3n) is 2.72. The molecule has 0 radical (unpaired) electrons. The van der Waals surface area contributed by atoms with Gasteiger partial charge in [0.05, 0.1) is 26.4 Å². The Kier molecular flexibility index (Phi) is 3.57. The SMILES string of the molecule is O=[S@@](Cc1ccc(-n2cccn2)cc1)c1cccs1. The first-order chi connectivity index (χ1) is 9.33. The Morgan fingerprint density at radius 1 is 1.16 bits per heavy atom. The summed E-state index contributed by atoms with van der Waals surface area (Å²) in [5.74, 6) is 0.555. The van der Waals surface area contributed by atoms with Crippen LogP contribution in [0.15, 0.2) is 64.4 Å². The minimum Gasteiger partial charge on any atom is -0.253 e. The van der Waals surface area contributed by atoms with Crippen molar-refractivity contribution >= 4 is 22.1 Å². The Morgan fingerprint density at radius 2 is 2.00 bits per heavy atom. The van der Waals surface area contributed by atoms with Crippen LogP contribution in [0.25, 0.3) is 5.69 Å². The Morgan fingerprint density at radius 3 is 2.63 bits per heavy atom. The molecule has 19 heavy (non-hydrogen) atoms. The summed E-state index contributed by atoms with van der Waals surface area (Å²) < 4.78 is 14.8. The zero-order valence-electron chi connectivity index (χ0n) is 10.1. The van der Waals surface area contributed by atoms with Gasteiger partial charge in [0, 0.05) is 12.4 Å². The summed E-state index contributed by atoms with van der Waals surface area (Å²) in [7, 11) is -0.951. The highest BCUT2D eigenvalue weighted by molar-refractivity contribution is 7.86. The first-order valence-corrected chi connectivity index (χ1v) is 8.03. The van der Waals surface area contributed by atoms with Crippen molar-refractivity contribution in [2.45, 2.75) is 9.96 Å². The average Bonchev–Trinajstić information content (AvgIpc) is 3.13. The van der Waals surface area contributed by atoms with Crippen LogP contribution in [0.2, 0.25) is 0 Å². The number of rotatable bonds is 4. The Bertz CT molecular complexity index is 658. The zero-order chi connectivity index (χ0) is 13.1. The molecule has 0 aliphatic heterocycles. The van der Waals surface area contributed by atoms with Gasteiger partial charge >= 0.3 is 0 Å². The number of hydrogen-bond donors (Lipinski definition) is 0. The standard InChI is InChI=1S/C14H12N2OS2/c17-19(14-3-1-10-18-14)11-12-4-6-13(7-5-12)16-9-2-8-15-16/h1-10H,11H2/t19-/m0/s1.